The summed E-state index contributed by atoms with van der Waals surface area (Å²) >= 11 is 0.983. The SMILES string of the molecule is CCS(=O)(=O)c1c(N)nsc1NCC1(O)CCOC1. The summed E-state index contributed by atoms with van der Waals surface area (Å²) in [6, 6.07) is 0. The van der Waals surface area contributed by atoms with E-state index in [2.05, 4.69) is 9.69 Å². The van der Waals surface area contributed by atoms with Crippen molar-refractivity contribution in [1.82, 2.24) is 4.37 Å². The minimum absolute atomic E-state index is 0.00371. The lowest BCUT2D eigenvalue weighted by Crippen LogP contribution is -2.37. The molecule has 0 aliphatic carbocycles. The number of nitrogens with zero attached hydrogens (tertiary/aromatic N) is 1. The van der Waals surface area contributed by atoms with Crippen molar-refractivity contribution in [2.24, 2.45) is 0 Å². The number of anilines is 2. The van der Waals surface area contributed by atoms with Gasteiger partial charge >= 0.3 is 0 Å². The first-order valence-corrected chi connectivity index (χ1v) is 8.32. The fourth-order valence-electron chi connectivity index (χ4n) is 1.83. The molecule has 2 rings (SSSR count). The van der Waals surface area contributed by atoms with E-state index in [1.165, 1.54) is 0 Å². The van der Waals surface area contributed by atoms with Crippen molar-refractivity contribution in [3.63, 3.8) is 0 Å². The van der Waals surface area contributed by atoms with Crippen LogP contribution in [0.25, 0.3) is 0 Å². The monoisotopic (exact) mass is 307 g/mol. The molecule has 1 aromatic heterocycles. The fraction of sp³-hybridized carbons (Fsp3) is 0.700. The van der Waals surface area contributed by atoms with Gasteiger partial charge in [-0.05, 0) is 11.5 Å². The summed E-state index contributed by atoms with van der Waals surface area (Å²) in [6.07, 6.45) is 0.518. The van der Waals surface area contributed by atoms with Crippen LogP contribution in [-0.2, 0) is 14.6 Å². The van der Waals surface area contributed by atoms with E-state index in [9.17, 15) is 13.5 Å². The number of nitrogen functional groups attached to an aromatic ring is 1. The Morgan fingerprint density at radius 1 is 1.63 bits per heavy atom. The standard InChI is InChI=1S/C10H17N3O4S2/c1-2-19(15,16)7-8(11)13-18-9(7)12-5-10(14)3-4-17-6-10/h12,14H,2-6H2,1H3,(H2,11,13). The largest absolute Gasteiger partial charge is 0.386 e. The Kier molecular flexibility index (Phi) is 4.00. The minimum atomic E-state index is -3.43. The molecule has 1 aliphatic rings. The van der Waals surface area contributed by atoms with E-state index in [-0.39, 0.29) is 29.6 Å². The van der Waals surface area contributed by atoms with Crippen LogP contribution in [0.5, 0.6) is 0 Å². The van der Waals surface area contributed by atoms with Gasteiger partial charge in [-0.25, -0.2) is 8.42 Å². The number of hydrogen-bond acceptors (Lipinski definition) is 8. The minimum Gasteiger partial charge on any atom is -0.386 e. The van der Waals surface area contributed by atoms with Crippen LogP contribution >= 0.6 is 11.5 Å². The van der Waals surface area contributed by atoms with Crippen LogP contribution in [0.3, 0.4) is 0 Å². The highest BCUT2D eigenvalue weighted by Crippen LogP contribution is 2.33. The van der Waals surface area contributed by atoms with Gasteiger partial charge in [0.05, 0.1) is 12.4 Å². The van der Waals surface area contributed by atoms with Crippen LogP contribution in [0.15, 0.2) is 4.90 Å². The highest BCUT2D eigenvalue weighted by atomic mass is 32.2. The third-order valence-electron chi connectivity index (χ3n) is 3.03. The van der Waals surface area contributed by atoms with Gasteiger partial charge in [0.25, 0.3) is 0 Å². The van der Waals surface area contributed by atoms with Gasteiger partial charge in [0.15, 0.2) is 15.7 Å². The molecule has 0 radical (unpaired) electrons. The number of sulfone groups is 1. The quantitative estimate of drug-likeness (QED) is 0.705. The van der Waals surface area contributed by atoms with Gasteiger partial charge in [0.2, 0.25) is 0 Å². The Bertz CT molecular complexity index is 549. The van der Waals surface area contributed by atoms with Gasteiger partial charge in [-0.2, -0.15) is 4.37 Å². The highest BCUT2D eigenvalue weighted by molar-refractivity contribution is 7.91. The summed E-state index contributed by atoms with van der Waals surface area (Å²) in [4.78, 5) is 0.0301. The van der Waals surface area contributed by atoms with E-state index >= 15 is 0 Å². The summed E-state index contributed by atoms with van der Waals surface area (Å²) < 4.78 is 32.9. The Labute approximate surface area is 115 Å². The molecule has 0 saturated carbocycles. The Morgan fingerprint density at radius 3 is 2.95 bits per heavy atom. The first-order valence-electron chi connectivity index (χ1n) is 5.90. The molecule has 19 heavy (non-hydrogen) atoms. The molecular formula is C10H17N3O4S2. The highest BCUT2D eigenvalue weighted by Gasteiger charge is 2.33. The van der Waals surface area contributed by atoms with Crippen LogP contribution in [-0.4, -0.2) is 49.0 Å². The summed E-state index contributed by atoms with van der Waals surface area (Å²) in [5.74, 6) is -0.0403. The van der Waals surface area contributed by atoms with E-state index < -0.39 is 15.4 Å². The molecule has 1 unspecified atom stereocenters. The van der Waals surface area contributed by atoms with Crippen LogP contribution in [0.1, 0.15) is 13.3 Å². The van der Waals surface area contributed by atoms with Gasteiger partial charge in [0.1, 0.15) is 15.5 Å². The molecule has 0 bridgehead atoms. The maximum Gasteiger partial charge on any atom is 0.184 e. The molecule has 0 aromatic carbocycles. The van der Waals surface area contributed by atoms with Crippen molar-refractivity contribution in [3.8, 4) is 0 Å². The summed E-state index contributed by atoms with van der Waals surface area (Å²) in [6.45, 7) is 2.50. The molecule has 2 heterocycles. The van der Waals surface area contributed by atoms with Crippen molar-refractivity contribution >= 4 is 32.2 Å². The second kappa shape index (κ2) is 5.23. The van der Waals surface area contributed by atoms with E-state index in [1.807, 2.05) is 0 Å². The van der Waals surface area contributed by atoms with E-state index in [4.69, 9.17) is 10.5 Å². The number of ether oxygens (including phenoxy) is 1. The molecule has 1 atom stereocenters. The molecule has 0 spiro atoms. The molecular weight excluding hydrogens is 290 g/mol. The lowest BCUT2D eigenvalue weighted by molar-refractivity contribution is 0.0382. The van der Waals surface area contributed by atoms with Gasteiger partial charge < -0.3 is 20.9 Å². The Hall–Kier alpha value is -0.900. The zero-order valence-corrected chi connectivity index (χ0v) is 12.2. The van der Waals surface area contributed by atoms with Gasteiger partial charge in [-0.3, -0.25) is 0 Å². The van der Waals surface area contributed by atoms with E-state index in [1.54, 1.807) is 6.92 Å². The average Bonchev–Trinajstić information content (AvgIpc) is 2.94. The second-order valence-corrected chi connectivity index (χ2v) is 7.50. The van der Waals surface area contributed by atoms with Gasteiger partial charge in [0, 0.05) is 19.6 Å². The van der Waals surface area contributed by atoms with Crippen LogP contribution in [0.2, 0.25) is 0 Å². The van der Waals surface area contributed by atoms with Crippen molar-refractivity contribution in [2.45, 2.75) is 23.8 Å². The van der Waals surface area contributed by atoms with Gasteiger partial charge in [-0.15, -0.1) is 0 Å². The molecule has 1 fully saturated rings. The fourth-order valence-corrected chi connectivity index (χ4v) is 4.00. The summed E-state index contributed by atoms with van der Waals surface area (Å²) in [7, 11) is -3.43. The van der Waals surface area contributed by atoms with Crippen molar-refractivity contribution in [1.29, 1.82) is 0 Å². The number of aliphatic hydroxyl groups is 1. The maximum absolute atomic E-state index is 11.9. The number of nitrogens with two attached hydrogens (primary N) is 1. The van der Waals surface area contributed by atoms with Crippen LogP contribution in [0, 0.1) is 0 Å². The maximum atomic E-state index is 11.9. The average molecular weight is 307 g/mol. The molecule has 108 valence electrons. The normalized spacial score (nSPS) is 23.7. The van der Waals surface area contributed by atoms with E-state index in [0.29, 0.717) is 18.0 Å². The Balaban J connectivity index is 2.18. The molecule has 1 saturated heterocycles. The molecule has 7 nitrogen and oxygen atoms in total. The summed E-state index contributed by atoms with van der Waals surface area (Å²) in [5.41, 5.74) is 4.65. The van der Waals surface area contributed by atoms with Crippen molar-refractivity contribution in [3.05, 3.63) is 0 Å². The molecule has 4 N–H and O–H groups in total. The van der Waals surface area contributed by atoms with Crippen molar-refractivity contribution in [2.75, 3.05) is 36.6 Å². The zero-order chi connectivity index (χ0) is 14.1. The molecule has 1 aliphatic heterocycles. The van der Waals surface area contributed by atoms with E-state index in [0.717, 1.165) is 11.5 Å². The lowest BCUT2D eigenvalue weighted by Gasteiger charge is -2.20. The first kappa shape index (κ1) is 14.5. The molecule has 9 heteroatoms. The molecule has 0 amide bonds. The molecule has 1 aromatic rings. The summed E-state index contributed by atoms with van der Waals surface area (Å²) in [5, 5.41) is 13.4. The van der Waals surface area contributed by atoms with Crippen LogP contribution < -0.4 is 11.1 Å². The predicted molar refractivity (Wildman–Crippen MR) is 73.1 cm³/mol. The Morgan fingerprint density at radius 2 is 2.37 bits per heavy atom. The number of hydrogen-bond donors (Lipinski definition) is 3. The predicted octanol–water partition coefficient (Wildman–Crippen LogP) is 0.0822. The number of rotatable bonds is 5. The topological polar surface area (TPSA) is 115 Å². The first-order chi connectivity index (χ1) is 8.88. The van der Waals surface area contributed by atoms with Crippen molar-refractivity contribution < 1.29 is 18.3 Å². The zero-order valence-electron chi connectivity index (χ0n) is 10.5. The lowest BCUT2D eigenvalue weighted by atomic mass is 10.0. The smallest absolute Gasteiger partial charge is 0.184 e. The number of nitrogens with one attached hydrogen (secondary N) is 1. The van der Waals surface area contributed by atoms with Gasteiger partial charge in [-0.1, -0.05) is 6.92 Å². The third kappa shape index (κ3) is 2.99. The second-order valence-electron chi connectivity index (χ2n) is 4.51. The third-order valence-corrected chi connectivity index (χ3v) is 5.77. The number of aromatic nitrogens is 1. The van der Waals surface area contributed by atoms with Crippen LogP contribution in [0.4, 0.5) is 10.8 Å².